The van der Waals surface area contributed by atoms with Crippen molar-refractivity contribution in [2.24, 2.45) is 0 Å². The first-order valence-corrected chi connectivity index (χ1v) is 7.47. The maximum Gasteiger partial charge on any atom is 0.320 e. The van der Waals surface area contributed by atoms with Crippen LogP contribution in [0.15, 0.2) is 0 Å². The number of aliphatic carboxylic acids is 1. The Labute approximate surface area is 116 Å². The molecule has 0 saturated carbocycles. The molecule has 1 fully saturated rings. The number of ether oxygens (including phenoxy) is 1. The fourth-order valence-corrected chi connectivity index (χ4v) is 2.48. The van der Waals surface area contributed by atoms with Crippen LogP contribution >= 0.6 is 0 Å². The van der Waals surface area contributed by atoms with E-state index in [1.54, 1.807) is 0 Å². The number of carboxylic acid groups (broad SMARTS) is 1. The van der Waals surface area contributed by atoms with Crippen molar-refractivity contribution in [2.75, 3.05) is 32.8 Å². The van der Waals surface area contributed by atoms with Crippen molar-refractivity contribution < 1.29 is 14.6 Å². The summed E-state index contributed by atoms with van der Waals surface area (Å²) in [6.45, 7) is 8.52. The molecule has 0 spiro atoms. The molecule has 1 unspecified atom stereocenters. The van der Waals surface area contributed by atoms with Gasteiger partial charge in [0.05, 0.1) is 6.10 Å². The number of rotatable bonds is 9. The van der Waals surface area contributed by atoms with Crippen LogP contribution in [0.1, 0.15) is 39.5 Å². The average Bonchev–Trinajstić information content (AvgIpc) is 2.40. The van der Waals surface area contributed by atoms with Crippen molar-refractivity contribution in [3.8, 4) is 0 Å². The van der Waals surface area contributed by atoms with Crippen LogP contribution in [0.5, 0.6) is 0 Å². The molecule has 1 aliphatic rings. The molecule has 1 rings (SSSR count). The van der Waals surface area contributed by atoms with Gasteiger partial charge in [0.25, 0.3) is 0 Å². The quantitative estimate of drug-likeness (QED) is 0.663. The van der Waals surface area contributed by atoms with E-state index in [4.69, 9.17) is 9.84 Å². The van der Waals surface area contributed by atoms with Crippen molar-refractivity contribution >= 4 is 5.97 Å². The number of carbonyl (C=O) groups is 1. The van der Waals surface area contributed by atoms with Crippen LogP contribution in [-0.2, 0) is 9.53 Å². The van der Waals surface area contributed by atoms with Gasteiger partial charge in [-0.1, -0.05) is 6.92 Å². The number of nitrogens with one attached hydrogen (secondary N) is 1. The Morgan fingerprint density at radius 2 is 2.11 bits per heavy atom. The maximum atomic E-state index is 11.1. The van der Waals surface area contributed by atoms with E-state index >= 15 is 0 Å². The van der Waals surface area contributed by atoms with Crippen molar-refractivity contribution in [1.29, 1.82) is 0 Å². The van der Waals surface area contributed by atoms with E-state index in [0.717, 1.165) is 52.0 Å². The highest BCUT2D eigenvalue weighted by molar-refractivity contribution is 5.73. The molecule has 0 aromatic carbocycles. The highest BCUT2D eigenvalue weighted by atomic mass is 16.5. The Kier molecular flexibility index (Phi) is 8.02. The highest BCUT2D eigenvalue weighted by Gasteiger charge is 2.22. The molecule has 5 heteroatoms. The van der Waals surface area contributed by atoms with E-state index in [2.05, 4.69) is 10.2 Å². The summed E-state index contributed by atoms with van der Waals surface area (Å²) in [5, 5.41) is 12.2. The largest absolute Gasteiger partial charge is 0.480 e. The second-order valence-corrected chi connectivity index (χ2v) is 5.13. The zero-order valence-electron chi connectivity index (χ0n) is 12.2. The van der Waals surface area contributed by atoms with E-state index in [1.165, 1.54) is 0 Å². The molecule has 0 bridgehead atoms. The Hall–Kier alpha value is -0.650. The zero-order chi connectivity index (χ0) is 14.1. The van der Waals surface area contributed by atoms with Crippen LogP contribution in [-0.4, -0.2) is 60.9 Å². The monoisotopic (exact) mass is 272 g/mol. The van der Waals surface area contributed by atoms with Crippen LogP contribution in [0.25, 0.3) is 0 Å². The Morgan fingerprint density at radius 1 is 1.42 bits per heavy atom. The van der Waals surface area contributed by atoms with Gasteiger partial charge in [-0.15, -0.1) is 0 Å². The molecule has 0 amide bonds. The number of piperidine rings is 1. The molecular weight excluding hydrogens is 244 g/mol. The minimum Gasteiger partial charge on any atom is -0.480 e. The van der Waals surface area contributed by atoms with Gasteiger partial charge in [0, 0.05) is 26.2 Å². The van der Waals surface area contributed by atoms with Crippen LogP contribution in [0.3, 0.4) is 0 Å². The molecule has 1 aliphatic heterocycles. The van der Waals surface area contributed by atoms with Gasteiger partial charge in [-0.05, 0) is 39.2 Å². The second-order valence-electron chi connectivity index (χ2n) is 5.13. The first-order chi connectivity index (χ1) is 9.17. The summed E-state index contributed by atoms with van der Waals surface area (Å²) in [4.78, 5) is 13.5. The van der Waals surface area contributed by atoms with Gasteiger partial charge in [-0.2, -0.15) is 0 Å². The molecular formula is C14H28N2O3. The van der Waals surface area contributed by atoms with Gasteiger partial charge in [-0.25, -0.2) is 0 Å². The maximum absolute atomic E-state index is 11.1. The van der Waals surface area contributed by atoms with Gasteiger partial charge in [0.15, 0.2) is 0 Å². The summed E-state index contributed by atoms with van der Waals surface area (Å²) in [7, 11) is 0. The zero-order valence-corrected chi connectivity index (χ0v) is 12.2. The molecule has 0 aromatic heterocycles. The number of nitrogens with zero attached hydrogens (tertiary/aromatic N) is 1. The minimum absolute atomic E-state index is 0.398. The van der Waals surface area contributed by atoms with E-state index in [9.17, 15) is 4.79 Å². The van der Waals surface area contributed by atoms with Gasteiger partial charge < -0.3 is 20.1 Å². The first kappa shape index (κ1) is 16.4. The molecule has 1 saturated heterocycles. The van der Waals surface area contributed by atoms with Crippen molar-refractivity contribution in [3.63, 3.8) is 0 Å². The molecule has 112 valence electrons. The third kappa shape index (κ3) is 6.36. The molecule has 1 atom stereocenters. The van der Waals surface area contributed by atoms with Gasteiger partial charge in [-0.3, -0.25) is 4.79 Å². The smallest absolute Gasteiger partial charge is 0.320 e. The van der Waals surface area contributed by atoms with Crippen LogP contribution in [0.4, 0.5) is 0 Å². The lowest BCUT2D eigenvalue weighted by molar-refractivity contribution is -0.139. The lowest BCUT2D eigenvalue weighted by Crippen LogP contribution is -2.43. The van der Waals surface area contributed by atoms with E-state index in [-0.39, 0.29) is 0 Å². The SMILES string of the molecule is CCCNC(CCN1CCC(OCC)CC1)C(=O)O. The molecule has 0 radical (unpaired) electrons. The lowest BCUT2D eigenvalue weighted by atomic mass is 10.1. The molecule has 0 aliphatic carbocycles. The molecule has 2 N–H and O–H groups in total. The van der Waals surface area contributed by atoms with Crippen LogP contribution in [0.2, 0.25) is 0 Å². The van der Waals surface area contributed by atoms with E-state index < -0.39 is 12.0 Å². The topological polar surface area (TPSA) is 61.8 Å². The first-order valence-electron chi connectivity index (χ1n) is 7.47. The van der Waals surface area contributed by atoms with Crippen LogP contribution < -0.4 is 5.32 Å². The third-order valence-electron chi connectivity index (χ3n) is 3.61. The van der Waals surface area contributed by atoms with Crippen LogP contribution in [0, 0.1) is 0 Å². The Morgan fingerprint density at radius 3 is 2.63 bits per heavy atom. The Bertz CT molecular complexity index is 253. The fraction of sp³-hybridized carbons (Fsp3) is 0.929. The lowest BCUT2D eigenvalue weighted by Gasteiger charge is -2.32. The summed E-state index contributed by atoms with van der Waals surface area (Å²) >= 11 is 0. The summed E-state index contributed by atoms with van der Waals surface area (Å²) in [5.41, 5.74) is 0. The van der Waals surface area contributed by atoms with Gasteiger partial charge in [0.1, 0.15) is 6.04 Å². The van der Waals surface area contributed by atoms with E-state index in [1.807, 2.05) is 13.8 Å². The highest BCUT2D eigenvalue weighted by Crippen LogP contribution is 2.14. The van der Waals surface area contributed by atoms with Gasteiger partial charge >= 0.3 is 5.97 Å². The van der Waals surface area contributed by atoms with Crippen molar-refractivity contribution in [1.82, 2.24) is 10.2 Å². The molecule has 5 nitrogen and oxygen atoms in total. The Balaban J connectivity index is 2.22. The predicted octanol–water partition coefficient (Wildman–Crippen LogP) is 1.33. The second kappa shape index (κ2) is 9.28. The molecule has 19 heavy (non-hydrogen) atoms. The number of hydrogen-bond donors (Lipinski definition) is 2. The normalized spacial score (nSPS) is 19.5. The predicted molar refractivity (Wildman–Crippen MR) is 75.4 cm³/mol. The number of hydrogen-bond acceptors (Lipinski definition) is 4. The number of carboxylic acids is 1. The van der Waals surface area contributed by atoms with Crippen molar-refractivity contribution in [2.45, 2.75) is 51.7 Å². The standard InChI is InChI=1S/C14H28N2O3/c1-3-8-15-13(14(17)18)7-11-16-9-5-12(6-10-16)19-4-2/h12-13,15H,3-11H2,1-2H3,(H,17,18). The fourth-order valence-electron chi connectivity index (χ4n) is 2.48. The third-order valence-corrected chi connectivity index (χ3v) is 3.61. The number of likely N-dealkylation sites (tertiary alicyclic amines) is 1. The molecule has 1 heterocycles. The summed E-state index contributed by atoms with van der Waals surface area (Å²) in [6.07, 6.45) is 4.16. The van der Waals surface area contributed by atoms with Gasteiger partial charge in [0.2, 0.25) is 0 Å². The average molecular weight is 272 g/mol. The minimum atomic E-state index is -0.738. The summed E-state index contributed by atoms with van der Waals surface area (Å²) in [5.74, 6) is -0.738. The molecule has 0 aromatic rings. The van der Waals surface area contributed by atoms with Crippen molar-refractivity contribution in [3.05, 3.63) is 0 Å². The summed E-state index contributed by atoms with van der Waals surface area (Å²) in [6, 6.07) is -0.412. The summed E-state index contributed by atoms with van der Waals surface area (Å²) < 4.78 is 5.61. The van der Waals surface area contributed by atoms with E-state index in [0.29, 0.717) is 12.5 Å².